The Labute approximate surface area is 135 Å². The van der Waals surface area contributed by atoms with E-state index in [1.807, 2.05) is 19.1 Å². The predicted octanol–water partition coefficient (Wildman–Crippen LogP) is 2.08. The Morgan fingerprint density at radius 1 is 1.45 bits per heavy atom. The van der Waals surface area contributed by atoms with Gasteiger partial charge in [0.2, 0.25) is 5.91 Å². The Balaban J connectivity index is 2.09. The summed E-state index contributed by atoms with van der Waals surface area (Å²) in [4.78, 5) is 30.9. The molecule has 22 heavy (non-hydrogen) atoms. The van der Waals surface area contributed by atoms with Crippen LogP contribution in [0.2, 0.25) is 0 Å². The minimum Gasteiger partial charge on any atom is -0.354 e. The van der Waals surface area contributed by atoms with Crippen molar-refractivity contribution in [1.82, 2.24) is 15.2 Å². The van der Waals surface area contributed by atoms with E-state index in [0.29, 0.717) is 23.9 Å². The lowest BCUT2D eigenvalue weighted by Crippen LogP contribution is -2.47. The molecule has 120 valence electrons. The van der Waals surface area contributed by atoms with Crippen molar-refractivity contribution < 1.29 is 9.59 Å². The lowest BCUT2D eigenvalue weighted by molar-refractivity contribution is -0.124. The minimum atomic E-state index is -0.388. The molecular formula is C16H23N3O2S. The van der Waals surface area contributed by atoms with Crippen molar-refractivity contribution in [2.24, 2.45) is 0 Å². The SMILES string of the molecule is CCCCNC(=O)C1CSCN1C(=O)c1ncccc1CC. The molecule has 2 rings (SSSR count). The number of hydrogen-bond donors (Lipinski definition) is 1. The average Bonchev–Trinajstić information content (AvgIpc) is 3.04. The van der Waals surface area contributed by atoms with Crippen molar-refractivity contribution in [3.63, 3.8) is 0 Å². The Bertz CT molecular complexity index is 536. The molecule has 2 heterocycles. The maximum atomic E-state index is 12.7. The average molecular weight is 321 g/mol. The van der Waals surface area contributed by atoms with E-state index in [0.717, 1.165) is 24.8 Å². The van der Waals surface area contributed by atoms with Crippen molar-refractivity contribution in [3.05, 3.63) is 29.6 Å². The molecule has 5 nitrogen and oxygen atoms in total. The van der Waals surface area contributed by atoms with Gasteiger partial charge < -0.3 is 10.2 Å². The van der Waals surface area contributed by atoms with Gasteiger partial charge in [0, 0.05) is 18.5 Å². The first-order chi connectivity index (χ1) is 10.7. The normalized spacial score (nSPS) is 17.5. The maximum Gasteiger partial charge on any atom is 0.274 e. The summed E-state index contributed by atoms with van der Waals surface area (Å²) in [5, 5.41) is 2.92. The summed E-state index contributed by atoms with van der Waals surface area (Å²) in [6.45, 7) is 4.75. The Kier molecular flexibility index (Phi) is 6.24. The number of carbonyl (C=O) groups excluding carboxylic acids is 2. The van der Waals surface area contributed by atoms with E-state index in [2.05, 4.69) is 17.2 Å². The van der Waals surface area contributed by atoms with Gasteiger partial charge in [-0.25, -0.2) is 0 Å². The van der Waals surface area contributed by atoms with E-state index < -0.39 is 0 Å². The molecule has 1 aromatic rings. The van der Waals surface area contributed by atoms with Gasteiger partial charge in [-0.05, 0) is 24.5 Å². The van der Waals surface area contributed by atoms with Gasteiger partial charge in [-0.15, -0.1) is 11.8 Å². The number of unbranched alkanes of at least 4 members (excludes halogenated alkanes) is 1. The number of carbonyl (C=O) groups is 2. The number of amides is 2. The molecule has 1 aliphatic heterocycles. The monoisotopic (exact) mass is 321 g/mol. The first-order valence-electron chi connectivity index (χ1n) is 7.79. The lowest BCUT2D eigenvalue weighted by Gasteiger charge is -2.23. The van der Waals surface area contributed by atoms with E-state index in [4.69, 9.17) is 0 Å². The summed E-state index contributed by atoms with van der Waals surface area (Å²) in [5.74, 6) is 1.00. The highest BCUT2D eigenvalue weighted by molar-refractivity contribution is 7.99. The van der Waals surface area contributed by atoms with Crippen LogP contribution in [0, 0.1) is 0 Å². The second kappa shape index (κ2) is 8.17. The maximum absolute atomic E-state index is 12.7. The van der Waals surface area contributed by atoms with E-state index in [9.17, 15) is 9.59 Å². The van der Waals surface area contributed by atoms with Crippen molar-refractivity contribution in [1.29, 1.82) is 0 Å². The number of thioether (sulfide) groups is 1. The van der Waals surface area contributed by atoms with Gasteiger partial charge in [0.15, 0.2) is 0 Å². The van der Waals surface area contributed by atoms with Gasteiger partial charge in [0.1, 0.15) is 11.7 Å². The van der Waals surface area contributed by atoms with Crippen LogP contribution in [-0.4, -0.2) is 45.9 Å². The van der Waals surface area contributed by atoms with Gasteiger partial charge in [0.05, 0.1) is 5.88 Å². The van der Waals surface area contributed by atoms with Crippen LogP contribution in [0.25, 0.3) is 0 Å². The van der Waals surface area contributed by atoms with Crippen LogP contribution in [0.5, 0.6) is 0 Å². The molecule has 2 amide bonds. The first kappa shape index (κ1) is 16.8. The van der Waals surface area contributed by atoms with Gasteiger partial charge in [-0.3, -0.25) is 14.6 Å². The van der Waals surface area contributed by atoms with Gasteiger partial charge in [-0.1, -0.05) is 26.3 Å². The molecule has 0 saturated carbocycles. The number of rotatable bonds is 6. The first-order valence-corrected chi connectivity index (χ1v) is 8.94. The van der Waals surface area contributed by atoms with Crippen molar-refractivity contribution in [2.75, 3.05) is 18.2 Å². The van der Waals surface area contributed by atoms with E-state index in [1.54, 1.807) is 22.9 Å². The second-order valence-corrected chi connectivity index (χ2v) is 6.30. The van der Waals surface area contributed by atoms with Crippen molar-refractivity contribution >= 4 is 23.6 Å². The summed E-state index contributed by atoms with van der Waals surface area (Å²) < 4.78 is 0. The minimum absolute atomic E-state index is 0.0548. The summed E-state index contributed by atoms with van der Waals surface area (Å²) in [7, 11) is 0. The molecule has 1 N–H and O–H groups in total. The number of aryl methyl sites for hydroxylation is 1. The molecule has 0 bridgehead atoms. The highest BCUT2D eigenvalue weighted by Gasteiger charge is 2.35. The fraction of sp³-hybridized carbons (Fsp3) is 0.562. The van der Waals surface area contributed by atoms with Gasteiger partial charge in [-0.2, -0.15) is 0 Å². The Hall–Kier alpha value is -1.56. The quantitative estimate of drug-likeness (QED) is 0.815. The smallest absolute Gasteiger partial charge is 0.274 e. The Morgan fingerprint density at radius 3 is 3.00 bits per heavy atom. The molecule has 1 saturated heterocycles. The van der Waals surface area contributed by atoms with Gasteiger partial charge in [0.25, 0.3) is 5.91 Å². The molecule has 0 aromatic carbocycles. The Morgan fingerprint density at radius 2 is 2.27 bits per heavy atom. The van der Waals surface area contributed by atoms with E-state index in [1.165, 1.54) is 0 Å². The zero-order valence-electron chi connectivity index (χ0n) is 13.2. The zero-order valence-corrected chi connectivity index (χ0v) is 14.0. The molecule has 0 spiro atoms. The molecule has 1 fully saturated rings. The molecule has 1 atom stereocenters. The molecule has 0 radical (unpaired) electrons. The van der Waals surface area contributed by atoms with Crippen LogP contribution in [0.1, 0.15) is 42.7 Å². The third-order valence-corrected chi connectivity index (χ3v) is 4.76. The standard InChI is InChI=1S/C16H23N3O2S/c1-3-5-8-18-15(20)13-10-22-11-19(13)16(21)14-12(4-2)7-6-9-17-14/h6-7,9,13H,3-5,8,10-11H2,1-2H3,(H,18,20). The van der Waals surface area contributed by atoms with Crippen LogP contribution in [0.3, 0.4) is 0 Å². The highest BCUT2D eigenvalue weighted by atomic mass is 32.2. The molecule has 1 unspecified atom stereocenters. The number of aromatic nitrogens is 1. The molecule has 1 aliphatic rings. The number of hydrogen-bond acceptors (Lipinski definition) is 4. The van der Waals surface area contributed by atoms with Crippen molar-refractivity contribution in [2.45, 2.75) is 39.2 Å². The summed E-state index contributed by atoms with van der Waals surface area (Å²) >= 11 is 1.61. The molecule has 0 aliphatic carbocycles. The topological polar surface area (TPSA) is 62.3 Å². The van der Waals surface area contributed by atoms with E-state index in [-0.39, 0.29) is 17.9 Å². The van der Waals surface area contributed by atoms with E-state index >= 15 is 0 Å². The number of pyridine rings is 1. The lowest BCUT2D eigenvalue weighted by atomic mass is 10.1. The predicted molar refractivity (Wildman–Crippen MR) is 88.8 cm³/mol. The van der Waals surface area contributed by atoms with Crippen LogP contribution in [0.15, 0.2) is 18.3 Å². The third kappa shape index (κ3) is 3.80. The highest BCUT2D eigenvalue weighted by Crippen LogP contribution is 2.24. The summed E-state index contributed by atoms with van der Waals surface area (Å²) in [5.41, 5.74) is 1.40. The third-order valence-electron chi connectivity index (χ3n) is 3.75. The fourth-order valence-corrected chi connectivity index (χ4v) is 3.57. The van der Waals surface area contributed by atoms with Crippen LogP contribution >= 0.6 is 11.8 Å². The largest absolute Gasteiger partial charge is 0.354 e. The fourth-order valence-electron chi connectivity index (χ4n) is 2.42. The number of nitrogens with one attached hydrogen (secondary N) is 1. The van der Waals surface area contributed by atoms with Crippen LogP contribution in [-0.2, 0) is 11.2 Å². The van der Waals surface area contributed by atoms with Crippen LogP contribution in [0.4, 0.5) is 0 Å². The molecule has 6 heteroatoms. The van der Waals surface area contributed by atoms with Crippen molar-refractivity contribution in [3.8, 4) is 0 Å². The van der Waals surface area contributed by atoms with Gasteiger partial charge >= 0.3 is 0 Å². The summed E-state index contributed by atoms with van der Waals surface area (Å²) in [6.07, 6.45) is 4.38. The second-order valence-electron chi connectivity index (χ2n) is 5.30. The zero-order chi connectivity index (χ0) is 15.9. The van der Waals surface area contributed by atoms with Crippen LogP contribution < -0.4 is 5.32 Å². The number of nitrogens with zero attached hydrogens (tertiary/aromatic N) is 2. The molecular weight excluding hydrogens is 298 g/mol. The summed E-state index contributed by atoms with van der Waals surface area (Å²) in [6, 6.07) is 3.37. The molecule has 1 aromatic heterocycles.